The molecular weight excluding hydrogens is 665 g/mol. The summed E-state index contributed by atoms with van der Waals surface area (Å²) in [5.74, 6) is 3.58. The quantitative estimate of drug-likeness (QED) is 0.155. The molecule has 0 aliphatic carbocycles. The van der Waals surface area contributed by atoms with E-state index in [0.717, 1.165) is 55.9 Å². The monoisotopic (exact) mass is 694 g/mol. The van der Waals surface area contributed by atoms with E-state index in [-0.39, 0.29) is 0 Å². The van der Waals surface area contributed by atoms with Crippen LogP contribution in [0.4, 0.5) is 0 Å². The molecule has 0 saturated heterocycles. The van der Waals surface area contributed by atoms with E-state index in [1.807, 2.05) is 170 Å². The van der Waals surface area contributed by atoms with Crippen LogP contribution in [0.25, 0.3) is 90.8 Å². The van der Waals surface area contributed by atoms with Gasteiger partial charge < -0.3 is 0 Å². The maximum Gasteiger partial charge on any atom is 0.164 e. The second-order valence-electron chi connectivity index (χ2n) is 12.5. The molecule has 0 bridgehead atoms. The van der Waals surface area contributed by atoms with Gasteiger partial charge in [-0.15, -0.1) is 0 Å². The Hall–Kier alpha value is -7.58. The van der Waals surface area contributed by atoms with Gasteiger partial charge in [-0.2, -0.15) is 0 Å². The summed E-state index contributed by atoms with van der Waals surface area (Å²) in [6, 6.07) is 56.0. The van der Waals surface area contributed by atoms with Crippen LogP contribution >= 0.6 is 0 Å². The summed E-state index contributed by atoms with van der Waals surface area (Å²) in [6.45, 7) is 0. The molecule has 0 N–H and O–H groups in total. The molecule has 0 aliphatic rings. The van der Waals surface area contributed by atoms with Gasteiger partial charge >= 0.3 is 0 Å². The van der Waals surface area contributed by atoms with Crippen LogP contribution in [-0.2, 0) is 0 Å². The van der Waals surface area contributed by atoms with Crippen LogP contribution in [-0.4, -0.2) is 39.9 Å². The Bertz CT molecular complexity index is 2410. The molecular formula is C46H30N8. The van der Waals surface area contributed by atoms with Crippen LogP contribution in [0.5, 0.6) is 0 Å². The molecule has 8 heteroatoms. The van der Waals surface area contributed by atoms with Crippen molar-refractivity contribution < 1.29 is 0 Å². The largest absolute Gasteiger partial charge is 0.260 e. The van der Waals surface area contributed by atoms with E-state index in [4.69, 9.17) is 34.9 Å². The van der Waals surface area contributed by atoms with Gasteiger partial charge in [-0.1, -0.05) is 158 Å². The molecule has 0 aliphatic heterocycles. The van der Waals surface area contributed by atoms with Crippen molar-refractivity contribution in [1.82, 2.24) is 39.9 Å². The molecule has 3 heterocycles. The summed E-state index contributed by atoms with van der Waals surface area (Å²) >= 11 is 0. The van der Waals surface area contributed by atoms with E-state index in [0.29, 0.717) is 34.9 Å². The summed E-state index contributed by atoms with van der Waals surface area (Å²) < 4.78 is 0. The topological polar surface area (TPSA) is 103 Å². The Labute approximate surface area is 312 Å². The molecule has 8 nitrogen and oxygen atoms in total. The standard InChI is InChI=1S/C46H30N8/c1-5-15-31(16-6-1)41-49-42(32-17-7-2-8-18-32)52-45(51-41)37-25-13-23-35(27-37)39-29-47-30-40(48-39)36-24-14-26-38(28-36)46-53-43(33-19-9-3-10-20-33)50-44(54-46)34-21-11-4-12-22-34/h1-30H. The maximum absolute atomic E-state index is 5.07. The predicted octanol–water partition coefficient (Wildman–Crippen LogP) is 10.2. The first-order chi connectivity index (χ1) is 26.7. The van der Waals surface area contributed by atoms with Gasteiger partial charge in [0.2, 0.25) is 0 Å². The van der Waals surface area contributed by atoms with Gasteiger partial charge in [0.15, 0.2) is 34.9 Å². The Balaban J connectivity index is 1.08. The molecule has 0 atom stereocenters. The zero-order valence-electron chi connectivity index (χ0n) is 28.9. The summed E-state index contributed by atoms with van der Waals surface area (Å²) in [5.41, 5.74) is 8.57. The van der Waals surface area contributed by atoms with Crippen molar-refractivity contribution in [2.75, 3.05) is 0 Å². The van der Waals surface area contributed by atoms with Crippen molar-refractivity contribution in [2.45, 2.75) is 0 Å². The van der Waals surface area contributed by atoms with Gasteiger partial charge in [-0.3, -0.25) is 4.98 Å². The lowest BCUT2D eigenvalue weighted by atomic mass is 10.1. The minimum absolute atomic E-state index is 0.573. The summed E-state index contributed by atoms with van der Waals surface area (Å²) in [7, 11) is 0. The molecule has 9 aromatic rings. The zero-order valence-corrected chi connectivity index (χ0v) is 28.9. The number of aromatic nitrogens is 8. The first-order valence-corrected chi connectivity index (χ1v) is 17.5. The second-order valence-corrected chi connectivity index (χ2v) is 12.5. The minimum atomic E-state index is 0.573. The van der Waals surface area contributed by atoms with Gasteiger partial charge in [-0.05, 0) is 12.1 Å². The number of nitrogens with zero attached hydrogens (tertiary/aromatic N) is 8. The van der Waals surface area contributed by atoms with Crippen molar-refractivity contribution in [3.63, 3.8) is 0 Å². The second kappa shape index (κ2) is 14.6. The van der Waals surface area contributed by atoms with Crippen molar-refractivity contribution in [2.24, 2.45) is 0 Å². The van der Waals surface area contributed by atoms with Gasteiger partial charge in [0.05, 0.1) is 23.8 Å². The first kappa shape index (κ1) is 32.3. The molecule has 9 rings (SSSR count). The van der Waals surface area contributed by atoms with Crippen LogP contribution in [0, 0.1) is 0 Å². The SMILES string of the molecule is c1ccc(-c2nc(-c3ccccc3)nc(-c3cccc(-c4cncc(-c5cccc(-c6nc(-c7ccccc7)nc(-c7ccccc7)n6)c5)n4)c3)n2)cc1. The Kier molecular flexibility index (Phi) is 8.73. The summed E-state index contributed by atoms with van der Waals surface area (Å²) in [4.78, 5) is 39.0. The van der Waals surface area contributed by atoms with E-state index in [2.05, 4.69) is 4.98 Å². The first-order valence-electron chi connectivity index (χ1n) is 17.5. The Morgan fingerprint density at radius 2 is 0.481 bits per heavy atom. The highest BCUT2D eigenvalue weighted by Crippen LogP contribution is 2.30. The summed E-state index contributed by atoms with van der Waals surface area (Å²) in [5, 5.41) is 0. The number of benzene rings is 6. The molecule has 6 aromatic carbocycles. The van der Waals surface area contributed by atoms with E-state index in [9.17, 15) is 0 Å². The van der Waals surface area contributed by atoms with E-state index in [1.165, 1.54) is 0 Å². The van der Waals surface area contributed by atoms with Crippen LogP contribution in [0.2, 0.25) is 0 Å². The molecule has 54 heavy (non-hydrogen) atoms. The number of rotatable bonds is 8. The highest BCUT2D eigenvalue weighted by atomic mass is 15.0. The lowest BCUT2D eigenvalue weighted by Gasteiger charge is -2.10. The summed E-state index contributed by atoms with van der Waals surface area (Å²) in [6.07, 6.45) is 3.55. The molecule has 0 radical (unpaired) electrons. The number of hydrogen-bond donors (Lipinski definition) is 0. The van der Waals surface area contributed by atoms with Gasteiger partial charge in [0, 0.05) is 44.5 Å². The third-order valence-electron chi connectivity index (χ3n) is 8.87. The zero-order chi connectivity index (χ0) is 36.1. The number of hydrogen-bond acceptors (Lipinski definition) is 8. The molecule has 0 spiro atoms. The molecule has 0 unspecified atom stereocenters. The molecule has 0 saturated carbocycles. The van der Waals surface area contributed by atoms with Gasteiger partial charge in [0.1, 0.15) is 0 Å². The van der Waals surface area contributed by atoms with Crippen LogP contribution in [0.3, 0.4) is 0 Å². The lowest BCUT2D eigenvalue weighted by molar-refractivity contribution is 1.07. The molecule has 3 aromatic heterocycles. The van der Waals surface area contributed by atoms with Gasteiger partial charge in [0.25, 0.3) is 0 Å². The molecule has 0 fully saturated rings. The molecule has 0 amide bonds. The smallest absolute Gasteiger partial charge is 0.164 e. The van der Waals surface area contributed by atoms with Crippen molar-refractivity contribution >= 4 is 0 Å². The van der Waals surface area contributed by atoms with E-state index >= 15 is 0 Å². The van der Waals surface area contributed by atoms with E-state index in [1.54, 1.807) is 12.4 Å². The van der Waals surface area contributed by atoms with Crippen LogP contribution in [0.1, 0.15) is 0 Å². The van der Waals surface area contributed by atoms with Crippen molar-refractivity contribution in [1.29, 1.82) is 0 Å². The van der Waals surface area contributed by atoms with Crippen LogP contribution < -0.4 is 0 Å². The average molecular weight is 695 g/mol. The Morgan fingerprint density at radius 3 is 0.796 bits per heavy atom. The van der Waals surface area contributed by atoms with Crippen LogP contribution in [0.15, 0.2) is 182 Å². The third kappa shape index (κ3) is 6.87. The fourth-order valence-corrected chi connectivity index (χ4v) is 6.15. The highest BCUT2D eigenvalue weighted by molar-refractivity contribution is 5.74. The minimum Gasteiger partial charge on any atom is -0.260 e. The van der Waals surface area contributed by atoms with E-state index < -0.39 is 0 Å². The highest BCUT2D eigenvalue weighted by Gasteiger charge is 2.15. The predicted molar refractivity (Wildman–Crippen MR) is 212 cm³/mol. The maximum atomic E-state index is 5.07. The molecule has 254 valence electrons. The van der Waals surface area contributed by atoms with Crippen molar-refractivity contribution in [3.8, 4) is 90.8 Å². The van der Waals surface area contributed by atoms with Gasteiger partial charge in [-0.25, -0.2) is 34.9 Å². The van der Waals surface area contributed by atoms with Crippen molar-refractivity contribution in [3.05, 3.63) is 182 Å². The fraction of sp³-hybridized carbons (Fsp3) is 0. The average Bonchev–Trinajstić information content (AvgIpc) is 3.27. The lowest BCUT2D eigenvalue weighted by Crippen LogP contribution is -2.00. The Morgan fingerprint density at radius 1 is 0.222 bits per heavy atom. The third-order valence-corrected chi connectivity index (χ3v) is 8.87. The normalized spacial score (nSPS) is 11.0. The fourth-order valence-electron chi connectivity index (χ4n) is 6.15.